The summed E-state index contributed by atoms with van der Waals surface area (Å²) in [4.78, 5) is 14.1. The predicted octanol–water partition coefficient (Wildman–Crippen LogP) is 4.78. The summed E-state index contributed by atoms with van der Waals surface area (Å²) in [5.41, 5.74) is 0.684. The first kappa shape index (κ1) is 20.4. The van der Waals surface area contributed by atoms with E-state index in [0.717, 1.165) is 18.4 Å². The van der Waals surface area contributed by atoms with Gasteiger partial charge in [0.05, 0.1) is 12.6 Å². The molecular weight excluding hydrogens is 309 g/mol. The van der Waals surface area contributed by atoms with Gasteiger partial charge in [0.25, 0.3) is 0 Å². The van der Waals surface area contributed by atoms with Crippen molar-refractivity contribution in [2.75, 3.05) is 13.2 Å². The molecule has 0 aromatic carbocycles. The van der Waals surface area contributed by atoms with Gasteiger partial charge in [0.2, 0.25) is 0 Å². The Kier molecular flexibility index (Phi) is 6.78. The second kappa shape index (κ2) is 7.97. The van der Waals surface area contributed by atoms with Gasteiger partial charge in [-0.25, -0.2) is 9.18 Å². The van der Waals surface area contributed by atoms with Crippen molar-refractivity contribution in [3.05, 3.63) is 36.2 Å². The molecule has 0 aromatic heterocycles. The van der Waals surface area contributed by atoms with Crippen molar-refractivity contribution in [3.63, 3.8) is 0 Å². The number of likely N-dealkylation sites (tertiary alicyclic amines) is 1. The van der Waals surface area contributed by atoms with Crippen LogP contribution in [0.2, 0.25) is 0 Å². The number of hydrogen-bond acceptors (Lipinski definition) is 3. The van der Waals surface area contributed by atoms with Gasteiger partial charge in [-0.3, -0.25) is 0 Å². The third-order valence-electron chi connectivity index (χ3n) is 4.11. The second-order valence-corrected chi connectivity index (χ2v) is 6.97. The Hall–Kier alpha value is -1.62. The number of ether oxygens (including phenoxy) is 2. The zero-order chi connectivity index (χ0) is 17.2. The van der Waals surface area contributed by atoms with Crippen LogP contribution in [0.1, 0.15) is 47.5 Å². The summed E-state index contributed by atoms with van der Waals surface area (Å²) in [6.45, 7) is 13.8. The van der Waals surface area contributed by atoms with Crippen molar-refractivity contribution in [2.45, 2.75) is 65.2 Å². The van der Waals surface area contributed by atoms with Crippen LogP contribution in [0.5, 0.6) is 0 Å². The molecule has 1 fully saturated rings. The molecule has 2 aliphatic heterocycles. The second-order valence-electron chi connectivity index (χ2n) is 6.97. The molecule has 0 radical (unpaired) electrons. The Morgan fingerprint density at radius 3 is 2.67 bits per heavy atom. The Morgan fingerprint density at radius 1 is 1.46 bits per heavy atom. The molecule has 0 aromatic rings. The number of amides is 1. The minimum atomic E-state index is -0.563. The van der Waals surface area contributed by atoms with Gasteiger partial charge in [-0.1, -0.05) is 26.7 Å². The lowest BCUT2D eigenvalue weighted by Gasteiger charge is -2.36. The van der Waals surface area contributed by atoms with Crippen LogP contribution in [-0.4, -0.2) is 41.9 Å². The average Bonchev–Trinajstić information content (AvgIpc) is 2.93. The number of carbonyl (C=O) groups excluding carboxylic acids is 1. The Balaban J connectivity index is 0.00000288. The lowest BCUT2D eigenvalue weighted by atomic mass is 9.91. The lowest BCUT2D eigenvalue weighted by molar-refractivity contribution is -0.0113. The minimum Gasteiger partial charge on any atom is -0.444 e. The highest BCUT2D eigenvalue weighted by atomic mass is 19.1. The van der Waals surface area contributed by atoms with Gasteiger partial charge in [0, 0.05) is 12.1 Å². The SMILES string of the molecule is C.C=CC1=C(C(=C)F)C(C2CCCN2C(=O)OC(C)(C)C)OCC1. The molecule has 1 saturated heterocycles. The molecule has 0 spiro atoms. The first-order valence-corrected chi connectivity index (χ1v) is 8.06. The Bertz CT molecular complexity index is 533. The van der Waals surface area contributed by atoms with Gasteiger partial charge in [-0.15, -0.1) is 0 Å². The average molecular weight is 339 g/mol. The first-order chi connectivity index (χ1) is 10.7. The van der Waals surface area contributed by atoms with Crippen LogP contribution in [0.25, 0.3) is 0 Å². The fourth-order valence-electron chi connectivity index (χ4n) is 3.20. The molecule has 0 bridgehead atoms. The summed E-state index contributed by atoms with van der Waals surface area (Å²) >= 11 is 0. The molecule has 0 aliphatic carbocycles. The number of allylic oxidation sites excluding steroid dienone is 1. The summed E-state index contributed by atoms with van der Waals surface area (Å²) in [6, 6.07) is -0.234. The molecule has 2 aliphatic rings. The number of halogens is 1. The molecular formula is C19H30FNO3. The summed E-state index contributed by atoms with van der Waals surface area (Å²) in [7, 11) is 0. The van der Waals surface area contributed by atoms with Crippen molar-refractivity contribution in [3.8, 4) is 0 Å². The van der Waals surface area contributed by atoms with Crippen molar-refractivity contribution in [2.24, 2.45) is 0 Å². The Morgan fingerprint density at radius 2 is 2.12 bits per heavy atom. The summed E-state index contributed by atoms with van der Waals surface area (Å²) in [6.07, 6.45) is 2.98. The van der Waals surface area contributed by atoms with E-state index in [4.69, 9.17) is 9.47 Å². The van der Waals surface area contributed by atoms with Crippen molar-refractivity contribution in [1.29, 1.82) is 0 Å². The van der Waals surface area contributed by atoms with Crippen LogP contribution in [-0.2, 0) is 9.47 Å². The van der Waals surface area contributed by atoms with Gasteiger partial charge in [0.15, 0.2) is 0 Å². The number of nitrogens with zero attached hydrogens (tertiary/aromatic N) is 1. The third kappa shape index (κ3) is 4.47. The van der Waals surface area contributed by atoms with Crippen LogP contribution in [0.4, 0.5) is 9.18 Å². The van der Waals surface area contributed by atoms with E-state index in [9.17, 15) is 9.18 Å². The van der Waals surface area contributed by atoms with Crippen LogP contribution in [0.3, 0.4) is 0 Å². The highest BCUT2D eigenvalue weighted by Crippen LogP contribution is 2.35. The molecule has 1 amide bonds. The maximum absolute atomic E-state index is 14.0. The quantitative estimate of drug-likeness (QED) is 0.743. The topological polar surface area (TPSA) is 38.8 Å². The molecule has 136 valence electrons. The Labute approximate surface area is 145 Å². The number of carbonyl (C=O) groups is 1. The van der Waals surface area contributed by atoms with E-state index in [-0.39, 0.29) is 19.6 Å². The van der Waals surface area contributed by atoms with Crippen LogP contribution in [0.15, 0.2) is 36.2 Å². The molecule has 0 saturated carbocycles. The molecule has 5 heteroatoms. The van der Waals surface area contributed by atoms with E-state index in [1.165, 1.54) is 0 Å². The van der Waals surface area contributed by atoms with E-state index in [1.807, 2.05) is 20.8 Å². The van der Waals surface area contributed by atoms with Crippen LogP contribution in [0, 0.1) is 0 Å². The molecule has 2 unspecified atom stereocenters. The van der Waals surface area contributed by atoms with Gasteiger partial charge in [-0.05, 0) is 45.6 Å². The number of hydrogen-bond donors (Lipinski definition) is 0. The van der Waals surface area contributed by atoms with Gasteiger partial charge in [-0.2, -0.15) is 0 Å². The third-order valence-corrected chi connectivity index (χ3v) is 4.11. The zero-order valence-electron chi connectivity index (χ0n) is 14.2. The van der Waals surface area contributed by atoms with Crippen molar-refractivity contribution in [1.82, 2.24) is 4.90 Å². The summed E-state index contributed by atoms with van der Waals surface area (Å²) in [5.74, 6) is -0.513. The van der Waals surface area contributed by atoms with E-state index in [1.54, 1.807) is 11.0 Å². The fourth-order valence-corrected chi connectivity index (χ4v) is 3.20. The van der Waals surface area contributed by atoms with Crippen LogP contribution < -0.4 is 0 Å². The van der Waals surface area contributed by atoms with Crippen LogP contribution >= 0.6 is 0 Å². The molecule has 2 rings (SSSR count). The monoisotopic (exact) mass is 339 g/mol. The standard InChI is InChI=1S/C18H26FNO3.CH4/c1-6-13-9-11-22-16(15(13)12(2)19)14-8-7-10-20(14)17(21)23-18(3,4)5;/h6,14,16H,1-2,7-11H2,3-5H3;1H4. The molecule has 2 atom stereocenters. The minimum absolute atomic E-state index is 0. The van der Waals surface area contributed by atoms with Crippen molar-refractivity contribution >= 4 is 6.09 Å². The first-order valence-electron chi connectivity index (χ1n) is 8.06. The fraction of sp³-hybridized carbons (Fsp3) is 0.632. The molecule has 24 heavy (non-hydrogen) atoms. The highest BCUT2D eigenvalue weighted by molar-refractivity contribution is 5.69. The predicted molar refractivity (Wildman–Crippen MR) is 94.5 cm³/mol. The molecule has 2 heterocycles. The van der Waals surface area contributed by atoms with E-state index < -0.39 is 17.5 Å². The maximum atomic E-state index is 14.0. The lowest BCUT2D eigenvalue weighted by Crippen LogP contribution is -2.47. The normalized spacial score (nSPS) is 24.4. The highest BCUT2D eigenvalue weighted by Gasteiger charge is 2.41. The van der Waals surface area contributed by atoms with Gasteiger partial charge in [0.1, 0.15) is 17.5 Å². The van der Waals surface area contributed by atoms with E-state index >= 15 is 0 Å². The largest absolute Gasteiger partial charge is 0.444 e. The number of rotatable bonds is 3. The smallest absolute Gasteiger partial charge is 0.410 e. The molecule has 0 N–H and O–H groups in total. The maximum Gasteiger partial charge on any atom is 0.410 e. The van der Waals surface area contributed by atoms with E-state index in [2.05, 4.69) is 13.2 Å². The van der Waals surface area contributed by atoms with E-state index in [0.29, 0.717) is 25.1 Å². The van der Waals surface area contributed by atoms with Gasteiger partial charge >= 0.3 is 6.09 Å². The molecule has 4 nitrogen and oxygen atoms in total. The summed E-state index contributed by atoms with van der Waals surface area (Å²) in [5, 5.41) is 0. The summed E-state index contributed by atoms with van der Waals surface area (Å²) < 4.78 is 25.3. The van der Waals surface area contributed by atoms with Gasteiger partial charge < -0.3 is 14.4 Å². The zero-order valence-corrected chi connectivity index (χ0v) is 14.2. The van der Waals surface area contributed by atoms with Crippen molar-refractivity contribution < 1.29 is 18.7 Å².